The first-order valence-electron chi connectivity index (χ1n) is 23.0. The third kappa shape index (κ3) is 15.9. The lowest BCUT2D eigenvalue weighted by molar-refractivity contribution is -0.132. The number of fused-ring (bicyclic) bond motifs is 3. The highest BCUT2D eigenvalue weighted by Gasteiger charge is 2.31. The average molecular weight is 927 g/mol. The Morgan fingerprint density at radius 2 is 1.30 bits per heavy atom. The van der Waals surface area contributed by atoms with Crippen LogP contribution in [0.1, 0.15) is 95.8 Å². The molecule has 67 heavy (non-hydrogen) atoms. The van der Waals surface area contributed by atoms with Gasteiger partial charge in [0, 0.05) is 57.3 Å². The molecule has 1 fully saturated rings. The summed E-state index contributed by atoms with van der Waals surface area (Å²) in [6.45, 7) is 11.0. The summed E-state index contributed by atoms with van der Waals surface area (Å²) in [5.41, 5.74) is 10.3. The number of nitrogens with zero attached hydrogens (tertiary/aromatic N) is 2. The average Bonchev–Trinajstić information content (AvgIpc) is 3.61. The number of nitrogens with two attached hydrogens (primary N) is 1. The van der Waals surface area contributed by atoms with Crippen molar-refractivity contribution >= 4 is 47.7 Å². The first kappa shape index (κ1) is 51.1. The molecule has 0 aromatic heterocycles. The molecule has 1 saturated heterocycles. The summed E-state index contributed by atoms with van der Waals surface area (Å²) in [4.78, 5) is 92.3. The van der Waals surface area contributed by atoms with Gasteiger partial charge in [0.05, 0.1) is 0 Å². The Hall–Kier alpha value is -6.85. The van der Waals surface area contributed by atoms with E-state index in [4.69, 9.17) is 19.9 Å². The predicted octanol–water partition coefficient (Wildman–Crippen LogP) is 5.99. The van der Waals surface area contributed by atoms with Crippen LogP contribution in [-0.4, -0.2) is 115 Å². The molecule has 1 aliphatic heterocycles. The molecule has 1 aliphatic carbocycles. The number of primary amides is 1. The molecule has 3 aromatic carbocycles. The second-order valence-corrected chi connectivity index (χ2v) is 18.0. The van der Waals surface area contributed by atoms with Crippen LogP contribution in [0, 0.1) is 5.92 Å². The number of alkyl carbamates (subject to hydrolysis) is 1. The maximum atomic E-state index is 13.6. The molecule has 18 heteroatoms. The molecule has 3 aromatic rings. The molecule has 0 unspecified atom stereocenters. The van der Waals surface area contributed by atoms with Crippen molar-refractivity contribution in [3.05, 3.63) is 89.5 Å². The molecule has 2 aliphatic rings. The van der Waals surface area contributed by atoms with Gasteiger partial charge in [-0.3, -0.25) is 14.4 Å². The van der Waals surface area contributed by atoms with Gasteiger partial charge < -0.3 is 56.3 Å². The number of hydrogen-bond acceptors (Lipinski definition) is 10. The van der Waals surface area contributed by atoms with Gasteiger partial charge in [-0.15, -0.1) is 0 Å². The Kier molecular flexibility index (Phi) is 18.8. The Bertz CT molecular complexity index is 2140. The van der Waals surface area contributed by atoms with E-state index in [1.54, 1.807) is 63.8 Å². The fraction of sp³-hybridized carbons (Fsp3) is 0.490. The molecular weight excluding hydrogens is 861 g/mol. The van der Waals surface area contributed by atoms with Crippen molar-refractivity contribution in [3.63, 3.8) is 0 Å². The van der Waals surface area contributed by atoms with E-state index in [-0.39, 0.29) is 50.3 Å². The minimum absolute atomic E-state index is 0.0198. The van der Waals surface area contributed by atoms with Crippen molar-refractivity contribution in [2.24, 2.45) is 11.7 Å². The van der Waals surface area contributed by atoms with E-state index in [1.165, 1.54) is 4.90 Å². The van der Waals surface area contributed by atoms with Crippen LogP contribution in [0.5, 0.6) is 0 Å². The molecule has 1 heterocycles. The second kappa shape index (κ2) is 24.6. The quantitative estimate of drug-likeness (QED) is 0.0572. The number of hydrogen-bond donors (Lipinski definition) is 6. The van der Waals surface area contributed by atoms with E-state index in [9.17, 15) is 33.6 Å². The topological polar surface area (TPSA) is 240 Å². The number of ether oxygens (including phenoxy) is 3. The second-order valence-electron chi connectivity index (χ2n) is 18.0. The molecule has 362 valence electrons. The number of rotatable bonds is 20. The van der Waals surface area contributed by atoms with Crippen LogP contribution in [0.25, 0.3) is 11.1 Å². The van der Waals surface area contributed by atoms with Crippen molar-refractivity contribution < 1.29 is 47.8 Å². The van der Waals surface area contributed by atoms with Crippen LogP contribution in [0.4, 0.5) is 24.9 Å². The van der Waals surface area contributed by atoms with Crippen LogP contribution in [0.2, 0.25) is 0 Å². The number of piperazine rings is 1. The summed E-state index contributed by atoms with van der Waals surface area (Å²) in [6, 6.07) is 20.3. The van der Waals surface area contributed by atoms with E-state index in [2.05, 4.69) is 50.8 Å². The first-order chi connectivity index (χ1) is 32.0. The van der Waals surface area contributed by atoms with Gasteiger partial charge in [-0.05, 0) is 92.3 Å². The lowest BCUT2D eigenvalue weighted by Crippen LogP contribution is -2.54. The lowest BCUT2D eigenvalue weighted by Gasteiger charge is -2.35. The van der Waals surface area contributed by atoms with Crippen LogP contribution in [0.3, 0.4) is 0 Å². The third-order valence-corrected chi connectivity index (χ3v) is 11.3. The van der Waals surface area contributed by atoms with Gasteiger partial charge in [0.1, 0.15) is 30.9 Å². The van der Waals surface area contributed by atoms with Crippen LogP contribution >= 0.6 is 0 Å². The highest BCUT2D eigenvalue weighted by molar-refractivity contribution is 5.98. The van der Waals surface area contributed by atoms with E-state index >= 15 is 0 Å². The number of amides is 8. The molecule has 0 saturated carbocycles. The molecule has 5 rings (SSSR count). The first-order valence-corrected chi connectivity index (χ1v) is 23.0. The fourth-order valence-electron chi connectivity index (χ4n) is 7.80. The van der Waals surface area contributed by atoms with E-state index in [1.807, 2.05) is 24.3 Å². The van der Waals surface area contributed by atoms with Gasteiger partial charge in [0.2, 0.25) is 17.7 Å². The monoisotopic (exact) mass is 926 g/mol. The summed E-state index contributed by atoms with van der Waals surface area (Å²) < 4.78 is 16.5. The summed E-state index contributed by atoms with van der Waals surface area (Å²) >= 11 is 0. The van der Waals surface area contributed by atoms with Gasteiger partial charge in [-0.1, -0.05) is 80.9 Å². The van der Waals surface area contributed by atoms with Crippen LogP contribution < -0.4 is 32.3 Å². The van der Waals surface area contributed by atoms with Gasteiger partial charge in [-0.25, -0.2) is 19.2 Å². The summed E-state index contributed by atoms with van der Waals surface area (Å²) in [5, 5.41) is 13.7. The maximum Gasteiger partial charge on any atom is 0.410 e. The molecular formula is C49H66N8O10. The van der Waals surface area contributed by atoms with Crippen molar-refractivity contribution in [2.45, 2.75) is 103 Å². The molecule has 8 amide bonds. The summed E-state index contributed by atoms with van der Waals surface area (Å²) in [6.07, 6.45) is 0.994. The third-order valence-electron chi connectivity index (χ3n) is 11.3. The number of carbonyl (C=O) groups is 7. The van der Waals surface area contributed by atoms with Crippen molar-refractivity contribution in [3.8, 4) is 11.1 Å². The van der Waals surface area contributed by atoms with Gasteiger partial charge in [0.15, 0.2) is 0 Å². The van der Waals surface area contributed by atoms with E-state index in [0.717, 1.165) is 22.3 Å². The minimum atomic E-state index is -1.03. The standard InChI is InChI=1S/C49H66N8O10/c1-32(2)42(55-41(58)19-7-6-12-24-52-46(62)65-31-39-37-16-10-8-14-35(37)36-15-9-11-17-38(36)39)44(60)54-40(18-13-25-51-45(50)61)43(59)53-34-22-20-33(21-23-34)30-66-47(63)56-26-28-57(29-27-56)48(64)67-49(3,4)5/h8-11,14-17,20-23,32,39-40,42H,6-7,12-13,18-19,24-31H2,1-5H3,(H,52,62)(H,53,59)(H,54,60)(H,55,58)(H3,50,51,61)/t40-,42-/m0/s1. The molecule has 18 nitrogen and oxygen atoms in total. The van der Waals surface area contributed by atoms with Gasteiger partial charge in [0.25, 0.3) is 0 Å². The number of anilines is 1. The molecule has 0 radical (unpaired) electrons. The van der Waals surface area contributed by atoms with Crippen LogP contribution in [0.15, 0.2) is 72.8 Å². The largest absolute Gasteiger partial charge is 0.449 e. The Balaban J connectivity index is 1.02. The maximum absolute atomic E-state index is 13.6. The highest BCUT2D eigenvalue weighted by atomic mass is 16.6. The summed E-state index contributed by atoms with van der Waals surface area (Å²) in [5.74, 6) is -1.72. The Labute approximate surface area is 392 Å². The predicted molar refractivity (Wildman–Crippen MR) is 252 cm³/mol. The lowest BCUT2D eigenvalue weighted by atomic mass is 9.98. The normalized spacial score (nSPS) is 14.2. The number of unbranched alkanes of at least 4 members (excludes halogenated alkanes) is 2. The van der Waals surface area contributed by atoms with Crippen molar-refractivity contribution in [2.75, 3.05) is 51.2 Å². The molecule has 0 spiro atoms. The van der Waals surface area contributed by atoms with Crippen molar-refractivity contribution in [1.29, 1.82) is 0 Å². The number of nitrogens with one attached hydrogen (secondary N) is 5. The zero-order chi connectivity index (χ0) is 48.5. The zero-order valence-corrected chi connectivity index (χ0v) is 39.2. The Morgan fingerprint density at radius 1 is 0.701 bits per heavy atom. The van der Waals surface area contributed by atoms with Gasteiger partial charge >= 0.3 is 24.3 Å². The van der Waals surface area contributed by atoms with Gasteiger partial charge in [-0.2, -0.15) is 0 Å². The van der Waals surface area contributed by atoms with E-state index in [0.29, 0.717) is 69.7 Å². The SMILES string of the molecule is CC(C)[C@H](NC(=O)CCCCCNC(=O)OCC1c2ccccc2-c2ccccc21)C(=O)N[C@@H](CCCNC(N)=O)C(=O)Nc1ccc(COC(=O)N2CCN(C(=O)OC(C)(C)C)CC2)cc1. The zero-order valence-electron chi connectivity index (χ0n) is 39.2. The van der Waals surface area contributed by atoms with Crippen LogP contribution in [-0.2, 0) is 35.2 Å². The molecule has 0 bridgehead atoms. The number of urea groups is 1. The number of benzene rings is 3. The summed E-state index contributed by atoms with van der Waals surface area (Å²) in [7, 11) is 0. The molecule has 7 N–H and O–H groups in total. The highest BCUT2D eigenvalue weighted by Crippen LogP contribution is 2.44. The molecule has 2 atom stereocenters. The Morgan fingerprint density at radius 3 is 1.90 bits per heavy atom. The number of carbonyl (C=O) groups excluding carboxylic acids is 7. The minimum Gasteiger partial charge on any atom is -0.449 e. The smallest absolute Gasteiger partial charge is 0.410 e. The fourth-order valence-corrected chi connectivity index (χ4v) is 7.80. The van der Waals surface area contributed by atoms with Crippen molar-refractivity contribution in [1.82, 2.24) is 31.1 Å². The van der Waals surface area contributed by atoms with E-state index < -0.39 is 53.8 Å².